The van der Waals surface area contributed by atoms with Crippen LogP contribution in [0.2, 0.25) is 0 Å². The highest BCUT2D eigenvalue weighted by Crippen LogP contribution is 2.35. The maximum Gasteiger partial charge on any atom is 0.166 e. The van der Waals surface area contributed by atoms with Gasteiger partial charge in [-0.2, -0.15) is 0 Å². The lowest BCUT2D eigenvalue weighted by molar-refractivity contribution is 0.0683. The average molecular weight is 415 g/mol. The molecule has 1 unspecified atom stereocenters. The predicted octanol–water partition coefficient (Wildman–Crippen LogP) is 8.13. The van der Waals surface area contributed by atoms with Crippen LogP contribution in [0, 0.1) is 11.8 Å². The summed E-state index contributed by atoms with van der Waals surface area (Å²) in [6.45, 7) is 2.28. The Balaban J connectivity index is 1.65. The number of aliphatic hydroxyl groups is 1. The van der Waals surface area contributed by atoms with E-state index in [1.54, 1.807) is 0 Å². The number of carbonyl (C=O) groups is 1. The van der Waals surface area contributed by atoms with Gasteiger partial charge in [-0.05, 0) is 38.0 Å². The number of carbonyl (C=O) groups excluding carboxylic acids is 1. The van der Waals surface area contributed by atoms with Crippen LogP contribution < -0.4 is 0 Å². The third-order valence-corrected chi connectivity index (χ3v) is 7.07. The van der Waals surface area contributed by atoms with E-state index >= 15 is 0 Å². The zero-order valence-corrected chi connectivity index (χ0v) is 19.5. The second-order valence-electron chi connectivity index (χ2n) is 9.58. The molecule has 1 aliphatic rings. The molecule has 1 aliphatic carbocycles. The second-order valence-corrected chi connectivity index (χ2v) is 9.58. The van der Waals surface area contributed by atoms with Gasteiger partial charge in [0.1, 0.15) is 0 Å². The summed E-state index contributed by atoms with van der Waals surface area (Å²) in [5.74, 6) is 0.928. The van der Waals surface area contributed by atoms with E-state index in [0.29, 0.717) is 11.7 Å². The zero-order chi connectivity index (χ0) is 21.4. The van der Waals surface area contributed by atoms with Crippen LogP contribution in [0.5, 0.6) is 0 Å². The molecule has 0 saturated heterocycles. The average Bonchev–Trinajstić information content (AvgIpc) is 2.78. The first-order valence-corrected chi connectivity index (χ1v) is 13.0. The Morgan fingerprint density at radius 1 is 0.800 bits per heavy atom. The highest BCUT2D eigenvalue weighted by molar-refractivity contribution is 5.98. The molecule has 0 bridgehead atoms. The zero-order valence-electron chi connectivity index (χ0n) is 19.5. The number of rotatable bonds is 16. The molecule has 0 amide bonds. The van der Waals surface area contributed by atoms with E-state index in [1.165, 1.54) is 77.0 Å². The van der Waals surface area contributed by atoms with Crippen LogP contribution in [0.15, 0.2) is 30.3 Å². The van der Waals surface area contributed by atoms with Crippen LogP contribution >= 0.6 is 0 Å². The molecular formula is C28H46O2. The molecule has 1 fully saturated rings. The Hall–Kier alpha value is -1.15. The summed E-state index contributed by atoms with van der Waals surface area (Å²) in [5, 5.41) is 9.87. The smallest absolute Gasteiger partial charge is 0.166 e. The Bertz CT molecular complexity index is 545. The molecule has 1 aromatic rings. The van der Waals surface area contributed by atoms with Crippen molar-refractivity contribution in [3.8, 4) is 0 Å². The fourth-order valence-corrected chi connectivity index (χ4v) is 5.11. The predicted molar refractivity (Wildman–Crippen MR) is 128 cm³/mol. The van der Waals surface area contributed by atoms with Gasteiger partial charge in [-0.1, -0.05) is 114 Å². The summed E-state index contributed by atoms with van der Waals surface area (Å²) in [6, 6.07) is 9.86. The molecule has 0 aliphatic heterocycles. The molecule has 1 atom stereocenters. The number of aliphatic hydroxyl groups excluding tert-OH is 1. The third kappa shape index (κ3) is 9.77. The summed E-state index contributed by atoms with van der Waals surface area (Å²) >= 11 is 0. The fourth-order valence-electron chi connectivity index (χ4n) is 5.11. The minimum absolute atomic E-state index is 0.142. The van der Waals surface area contributed by atoms with Gasteiger partial charge in [-0.25, -0.2) is 0 Å². The lowest BCUT2D eigenvalue weighted by atomic mass is 9.74. The molecule has 0 spiro atoms. The minimum Gasteiger partial charge on any atom is -0.393 e. The van der Waals surface area contributed by atoms with Gasteiger partial charge in [0.2, 0.25) is 0 Å². The molecule has 1 saturated carbocycles. The van der Waals surface area contributed by atoms with Crippen molar-refractivity contribution in [2.75, 3.05) is 0 Å². The second kappa shape index (κ2) is 15.6. The standard InChI is InChI=1S/C28H46O2/c1-2-3-4-5-6-7-8-9-10-11-12-16-19-27(24-20-22-26(29)23-21-24)28(30)25-17-14-13-15-18-25/h13-15,17-18,24,26-27,29H,2-12,16,19-23H2,1H3. The maximum absolute atomic E-state index is 13.2. The lowest BCUT2D eigenvalue weighted by Gasteiger charge is -2.31. The first-order valence-electron chi connectivity index (χ1n) is 13.0. The van der Waals surface area contributed by atoms with Crippen LogP contribution in [0.25, 0.3) is 0 Å². The summed E-state index contributed by atoms with van der Waals surface area (Å²) in [4.78, 5) is 13.2. The Morgan fingerprint density at radius 3 is 1.83 bits per heavy atom. The molecule has 0 radical (unpaired) electrons. The van der Waals surface area contributed by atoms with Gasteiger partial charge in [-0.3, -0.25) is 4.79 Å². The minimum atomic E-state index is -0.152. The maximum atomic E-state index is 13.2. The van der Waals surface area contributed by atoms with E-state index in [-0.39, 0.29) is 12.0 Å². The quantitative estimate of drug-likeness (QED) is 0.219. The molecule has 0 heterocycles. The van der Waals surface area contributed by atoms with Gasteiger partial charge in [0, 0.05) is 11.5 Å². The van der Waals surface area contributed by atoms with Gasteiger partial charge in [0.15, 0.2) is 5.78 Å². The largest absolute Gasteiger partial charge is 0.393 e. The van der Waals surface area contributed by atoms with Crippen LogP contribution in [-0.2, 0) is 0 Å². The summed E-state index contributed by atoms with van der Waals surface area (Å²) < 4.78 is 0. The fraction of sp³-hybridized carbons (Fsp3) is 0.750. The molecule has 0 aromatic heterocycles. The van der Waals surface area contributed by atoms with Crippen molar-refractivity contribution in [3.63, 3.8) is 0 Å². The van der Waals surface area contributed by atoms with E-state index in [4.69, 9.17) is 0 Å². The van der Waals surface area contributed by atoms with Crippen molar-refractivity contribution < 1.29 is 9.90 Å². The van der Waals surface area contributed by atoms with Crippen molar-refractivity contribution in [1.82, 2.24) is 0 Å². The molecule has 2 nitrogen and oxygen atoms in total. The third-order valence-electron chi connectivity index (χ3n) is 7.07. The van der Waals surface area contributed by atoms with Crippen molar-refractivity contribution >= 4 is 5.78 Å². The normalized spacial score (nSPS) is 20.2. The van der Waals surface area contributed by atoms with Crippen molar-refractivity contribution in [1.29, 1.82) is 0 Å². The molecule has 2 rings (SSSR count). The van der Waals surface area contributed by atoms with Gasteiger partial charge in [0.25, 0.3) is 0 Å². The Morgan fingerprint density at radius 2 is 1.30 bits per heavy atom. The van der Waals surface area contributed by atoms with E-state index in [9.17, 15) is 9.90 Å². The van der Waals surface area contributed by atoms with E-state index < -0.39 is 0 Å². The van der Waals surface area contributed by atoms with Crippen LogP contribution in [0.1, 0.15) is 126 Å². The van der Waals surface area contributed by atoms with Gasteiger partial charge >= 0.3 is 0 Å². The lowest BCUT2D eigenvalue weighted by Crippen LogP contribution is -2.29. The van der Waals surface area contributed by atoms with Crippen LogP contribution in [0.3, 0.4) is 0 Å². The van der Waals surface area contributed by atoms with Crippen molar-refractivity contribution in [3.05, 3.63) is 35.9 Å². The summed E-state index contributed by atoms with van der Waals surface area (Å²) in [7, 11) is 0. The van der Waals surface area contributed by atoms with Gasteiger partial charge in [0.05, 0.1) is 6.10 Å². The molecular weight excluding hydrogens is 368 g/mol. The number of Topliss-reactive ketones (excluding diaryl/α,β-unsaturated/α-hetero) is 1. The molecule has 2 heteroatoms. The van der Waals surface area contributed by atoms with E-state index in [2.05, 4.69) is 6.92 Å². The number of hydrogen-bond acceptors (Lipinski definition) is 2. The number of hydrogen-bond donors (Lipinski definition) is 1. The number of ketones is 1. The van der Waals surface area contributed by atoms with Crippen molar-refractivity contribution in [2.45, 2.75) is 122 Å². The van der Waals surface area contributed by atoms with Gasteiger partial charge < -0.3 is 5.11 Å². The highest BCUT2D eigenvalue weighted by Gasteiger charge is 2.31. The van der Waals surface area contributed by atoms with E-state index in [0.717, 1.165) is 37.7 Å². The monoisotopic (exact) mass is 414 g/mol. The highest BCUT2D eigenvalue weighted by atomic mass is 16.3. The van der Waals surface area contributed by atoms with E-state index in [1.807, 2.05) is 30.3 Å². The molecule has 170 valence electrons. The first-order chi connectivity index (χ1) is 14.7. The molecule has 1 N–H and O–H groups in total. The summed E-state index contributed by atoms with van der Waals surface area (Å²) in [6.07, 6.45) is 20.8. The molecule has 30 heavy (non-hydrogen) atoms. The first kappa shape index (κ1) is 25.1. The van der Waals surface area contributed by atoms with Gasteiger partial charge in [-0.15, -0.1) is 0 Å². The Labute approximate surface area is 185 Å². The van der Waals surface area contributed by atoms with Crippen LogP contribution in [0.4, 0.5) is 0 Å². The number of benzene rings is 1. The Kier molecular flexibility index (Phi) is 13.1. The van der Waals surface area contributed by atoms with Crippen molar-refractivity contribution in [2.24, 2.45) is 11.8 Å². The summed E-state index contributed by atoms with van der Waals surface area (Å²) in [5.41, 5.74) is 0.868. The topological polar surface area (TPSA) is 37.3 Å². The van der Waals surface area contributed by atoms with Crippen LogP contribution in [-0.4, -0.2) is 17.0 Å². The molecule has 1 aromatic carbocycles. The SMILES string of the molecule is CCCCCCCCCCCCCCC(C(=O)c1ccccc1)C1CCC(O)CC1. The number of unbranched alkanes of at least 4 members (excludes halogenated alkanes) is 11.